The first-order chi connectivity index (χ1) is 10.0. The molecule has 0 spiro atoms. The number of hydrogen-bond acceptors (Lipinski definition) is 4. The fourth-order valence-corrected chi connectivity index (χ4v) is 2.75. The first kappa shape index (κ1) is 15.0. The van der Waals surface area contributed by atoms with Crippen LogP contribution >= 0.6 is 0 Å². The van der Waals surface area contributed by atoms with Crippen molar-refractivity contribution in [3.63, 3.8) is 0 Å². The summed E-state index contributed by atoms with van der Waals surface area (Å²) in [5.74, 6) is 5.42. The third-order valence-corrected chi connectivity index (χ3v) is 3.98. The van der Waals surface area contributed by atoms with E-state index in [1.54, 1.807) is 18.2 Å². The highest BCUT2D eigenvalue weighted by molar-refractivity contribution is 7.92. The van der Waals surface area contributed by atoms with Gasteiger partial charge in [-0.05, 0) is 30.7 Å². The van der Waals surface area contributed by atoms with E-state index in [1.165, 1.54) is 18.5 Å². The van der Waals surface area contributed by atoms with E-state index >= 15 is 0 Å². The van der Waals surface area contributed by atoms with E-state index < -0.39 is 10.0 Å². The molecule has 2 aromatic rings. The van der Waals surface area contributed by atoms with Gasteiger partial charge in [0.05, 0.1) is 6.54 Å². The molecular weight excluding hydrogens is 286 g/mol. The summed E-state index contributed by atoms with van der Waals surface area (Å²) >= 11 is 0. The minimum Gasteiger partial charge on any atom is -0.320 e. The first-order valence-corrected chi connectivity index (χ1v) is 7.73. The number of aromatic nitrogens is 1. The van der Waals surface area contributed by atoms with Gasteiger partial charge in [0.25, 0.3) is 10.0 Å². The van der Waals surface area contributed by atoms with Crippen LogP contribution in [0.3, 0.4) is 0 Å². The van der Waals surface area contributed by atoms with Gasteiger partial charge in [0, 0.05) is 23.6 Å². The van der Waals surface area contributed by atoms with E-state index in [4.69, 9.17) is 5.73 Å². The Bertz CT molecular complexity index is 805. The van der Waals surface area contributed by atoms with E-state index in [1.807, 2.05) is 13.0 Å². The topological polar surface area (TPSA) is 85.1 Å². The van der Waals surface area contributed by atoms with Crippen LogP contribution in [-0.2, 0) is 10.0 Å². The van der Waals surface area contributed by atoms with Crippen molar-refractivity contribution in [3.05, 3.63) is 53.9 Å². The molecule has 0 unspecified atom stereocenters. The normalized spacial score (nSPS) is 10.6. The van der Waals surface area contributed by atoms with Crippen LogP contribution in [0, 0.1) is 18.8 Å². The monoisotopic (exact) mass is 301 g/mol. The van der Waals surface area contributed by atoms with Crippen molar-refractivity contribution in [3.8, 4) is 11.8 Å². The van der Waals surface area contributed by atoms with Crippen LogP contribution in [0.15, 0.2) is 47.6 Å². The zero-order chi connectivity index (χ0) is 15.3. The lowest BCUT2D eigenvalue weighted by molar-refractivity contribution is 0.601. The van der Waals surface area contributed by atoms with Crippen molar-refractivity contribution in [1.82, 2.24) is 4.98 Å². The van der Waals surface area contributed by atoms with Gasteiger partial charge in [0.1, 0.15) is 4.90 Å². The van der Waals surface area contributed by atoms with Gasteiger partial charge < -0.3 is 5.73 Å². The number of rotatable bonds is 3. The van der Waals surface area contributed by atoms with Crippen LogP contribution < -0.4 is 10.5 Å². The average Bonchev–Trinajstić information content (AvgIpc) is 2.45. The summed E-state index contributed by atoms with van der Waals surface area (Å²) in [5.41, 5.74) is 7.28. The summed E-state index contributed by atoms with van der Waals surface area (Å²) < 4.78 is 27.1. The number of sulfonamides is 1. The Hall–Kier alpha value is -2.36. The van der Waals surface area contributed by atoms with E-state index in [0.717, 1.165) is 5.56 Å². The van der Waals surface area contributed by atoms with Crippen LogP contribution in [-0.4, -0.2) is 19.9 Å². The van der Waals surface area contributed by atoms with Gasteiger partial charge in [-0.25, -0.2) is 8.42 Å². The van der Waals surface area contributed by atoms with Crippen molar-refractivity contribution in [1.29, 1.82) is 0 Å². The molecular formula is C15H15N3O2S. The van der Waals surface area contributed by atoms with Crippen LogP contribution in [0.4, 0.5) is 5.69 Å². The molecule has 0 saturated carbocycles. The van der Waals surface area contributed by atoms with Gasteiger partial charge in [0.15, 0.2) is 0 Å². The summed E-state index contributed by atoms with van der Waals surface area (Å²) in [4.78, 5) is 3.96. The van der Waals surface area contributed by atoms with Crippen LogP contribution in [0.1, 0.15) is 11.1 Å². The van der Waals surface area contributed by atoms with Crippen molar-refractivity contribution in [2.45, 2.75) is 11.8 Å². The maximum absolute atomic E-state index is 12.3. The summed E-state index contributed by atoms with van der Waals surface area (Å²) in [6.45, 7) is 2.10. The highest BCUT2D eigenvalue weighted by atomic mass is 32.2. The number of anilines is 1. The average molecular weight is 301 g/mol. The van der Waals surface area contributed by atoms with E-state index in [9.17, 15) is 8.42 Å². The molecule has 2 rings (SSSR count). The minimum absolute atomic E-state index is 0.0628. The zero-order valence-electron chi connectivity index (χ0n) is 11.5. The van der Waals surface area contributed by atoms with E-state index in [2.05, 4.69) is 21.5 Å². The van der Waals surface area contributed by atoms with Gasteiger partial charge in [-0.15, -0.1) is 0 Å². The molecule has 5 nitrogen and oxygen atoms in total. The molecule has 0 saturated heterocycles. The van der Waals surface area contributed by atoms with Crippen molar-refractivity contribution in [2.75, 3.05) is 11.3 Å². The number of aryl methyl sites for hydroxylation is 1. The predicted octanol–water partition coefficient (Wildman–Crippen LogP) is 1.50. The zero-order valence-corrected chi connectivity index (χ0v) is 12.3. The van der Waals surface area contributed by atoms with Gasteiger partial charge in [-0.3, -0.25) is 9.71 Å². The molecule has 1 aromatic carbocycles. The van der Waals surface area contributed by atoms with Gasteiger partial charge in [0.2, 0.25) is 0 Å². The molecule has 1 heterocycles. The largest absolute Gasteiger partial charge is 0.320 e. The Labute approximate surface area is 124 Å². The number of benzene rings is 1. The fourth-order valence-electron chi connectivity index (χ4n) is 1.71. The molecule has 0 amide bonds. The Morgan fingerprint density at radius 3 is 2.81 bits per heavy atom. The van der Waals surface area contributed by atoms with Crippen molar-refractivity contribution in [2.24, 2.45) is 5.73 Å². The summed E-state index contributed by atoms with van der Waals surface area (Å²) in [5, 5.41) is 0. The van der Waals surface area contributed by atoms with Crippen molar-refractivity contribution < 1.29 is 8.42 Å². The number of pyridine rings is 1. The number of hydrogen-bond donors (Lipinski definition) is 2. The smallest absolute Gasteiger partial charge is 0.263 e. The molecule has 0 aliphatic heterocycles. The highest BCUT2D eigenvalue weighted by Gasteiger charge is 2.15. The molecule has 1 aromatic heterocycles. The quantitative estimate of drug-likeness (QED) is 0.841. The SMILES string of the molecule is Cc1cccc(NS(=O)(=O)c2cncc(C#CCN)c2)c1. The number of nitrogens with two attached hydrogens (primary N) is 1. The Morgan fingerprint density at radius 2 is 2.10 bits per heavy atom. The number of nitrogens with one attached hydrogen (secondary N) is 1. The third kappa shape index (κ3) is 4.05. The molecule has 0 aliphatic rings. The molecule has 108 valence electrons. The van der Waals surface area contributed by atoms with Crippen LogP contribution in [0.2, 0.25) is 0 Å². The molecule has 0 aliphatic carbocycles. The Balaban J connectivity index is 2.31. The van der Waals surface area contributed by atoms with Gasteiger partial charge in [-0.2, -0.15) is 0 Å². The van der Waals surface area contributed by atoms with E-state index in [0.29, 0.717) is 11.3 Å². The summed E-state index contributed by atoms with van der Waals surface area (Å²) in [7, 11) is -3.69. The molecule has 21 heavy (non-hydrogen) atoms. The fraction of sp³-hybridized carbons (Fsp3) is 0.133. The van der Waals surface area contributed by atoms with Gasteiger partial charge in [-0.1, -0.05) is 24.0 Å². The molecule has 0 radical (unpaired) electrons. The standard InChI is InChI=1S/C15H15N3O2S/c1-12-4-2-6-14(8-12)18-21(19,20)15-9-13(5-3-7-16)10-17-11-15/h2,4,6,8-11,18H,7,16H2,1H3. The summed E-state index contributed by atoms with van der Waals surface area (Å²) in [6.07, 6.45) is 2.78. The first-order valence-electron chi connectivity index (χ1n) is 6.25. The van der Waals surface area contributed by atoms with Gasteiger partial charge >= 0.3 is 0 Å². The molecule has 0 atom stereocenters. The molecule has 3 N–H and O–H groups in total. The lowest BCUT2D eigenvalue weighted by Gasteiger charge is -2.08. The summed E-state index contributed by atoms with van der Waals surface area (Å²) in [6, 6.07) is 8.59. The number of nitrogens with zero attached hydrogens (tertiary/aromatic N) is 1. The van der Waals surface area contributed by atoms with Crippen LogP contribution in [0.5, 0.6) is 0 Å². The lowest BCUT2D eigenvalue weighted by atomic mass is 10.2. The highest BCUT2D eigenvalue weighted by Crippen LogP contribution is 2.17. The molecule has 0 bridgehead atoms. The van der Waals surface area contributed by atoms with Crippen LogP contribution in [0.25, 0.3) is 0 Å². The van der Waals surface area contributed by atoms with E-state index in [-0.39, 0.29) is 11.4 Å². The lowest BCUT2D eigenvalue weighted by Crippen LogP contribution is -2.13. The Morgan fingerprint density at radius 1 is 1.29 bits per heavy atom. The predicted molar refractivity (Wildman–Crippen MR) is 82.2 cm³/mol. The maximum atomic E-state index is 12.3. The second-order valence-electron chi connectivity index (χ2n) is 4.39. The second kappa shape index (κ2) is 6.39. The maximum Gasteiger partial charge on any atom is 0.263 e. The molecule has 6 heteroatoms. The minimum atomic E-state index is -3.69. The second-order valence-corrected chi connectivity index (χ2v) is 6.07. The van der Waals surface area contributed by atoms with Crippen molar-refractivity contribution >= 4 is 15.7 Å². The Kier molecular flexibility index (Phi) is 4.58. The third-order valence-electron chi connectivity index (χ3n) is 2.63. The molecule has 0 fully saturated rings.